The van der Waals surface area contributed by atoms with Crippen LogP contribution in [0.4, 0.5) is 4.39 Å². The fraction of sp³-hybridized carbons (Fsp3) is 0.300. The van der Waals surface area contributed by atoms with Crippen LogP contribution in [-0.4, -0.2) is 24.4 Å². The van der Waals surface area contributed by atoms with Gasteiger partial charge in [-0.3, -0.25) is 9.59 Å². The predicted octanol–water partition coefficient (Wildman–Crippen LogP) is 2.55. The SMILES string of the molecule is O=C(CNC(=O)C(Cc1ccccc1)c1ccc(F)cc1)NC1CC1. The molecule has 0 aliphatic heterocycles. The van der Waals surface area contributed by atoms with E-state index in [-0.39, 0.29) is 30.2 Å². The maximum atomic E-state index is 13.2. The molecule has 1 atom stereocenters. The third kappa shape index (κ3) is 5.14. The van der Waals surface area contributed by atoms with Crippen LogP contribution in [0.25, 0.3) is 0 Å². The highest BCUT2D eigenvalue weighted by Gasteiger charge is 2.25. The van der Waals surface area contributed by atoms with Crippen LogP contribution in [0, 0.1) is 5.82 Å². The molecule has 1 fully saturated rings. The van der Waals surface area contributed by atoms with Crippen LogP contribution >= 0.6 is 0 Å². The molecule has 1 saturated carbocycles. The molecule has 0 heterocycles. The molecule has 4 nitrogen and oxygen atoms in total. The fourth-order valence-corrected chi connectivity index (χ4v) is 2.70. The van der Waals surface area contributed by atoms with E-state index >= 15 is 0 Å². The highest BCUT2D eigenvalue weighted by molar-refractivity contribution is 5.88. The maximum Gasteiger partial charge on any atom is 0.239 e. The zero-order valence-corrected chi connectivity index (χ0v) is 13.9. The lowest BCUT2D eigenvalue weighted by molar-refractivity contribution is -0.127. The lowest BCUT2D eigenvalue weighted by Gasteiger charge is -2.17. The quantitative estimate of drug-likeness (QED) is 0.814. The van der Waals surface area contributed by atoms with E-state index in [0.717, 1.165) is 24.0 Å². The average Bonchev–Trinajstić information content (AvgIpc) is 3.43. The van der Waals surface area contributed by atoms with Gasteiger partial charge < -0.3 is 10.6 Å². The van der Waals surface area contributed by atoms with Crippen LogP contribution in [0.2, 0.25) is 0 Å². The molecule has 1 unspecified atom stereocenters. The number of carbonyl (C=O) groups is 2. The van der Waals surface area contributed by atoms with Gasteiger partial charge in [0.15, 0.2) is 0 Å². The molecule has 2 N–H and O–H groups in total. The van der Waals surface area contributed by atoms with Gasteiger partial charge in [0.25, 0.3) is 0 Å². The molecule has 0 saturated heterocycles. The van der Waals surface area contributed by atoms with Gasteiger partial charge in [0.1, 0.15) is 5.82 Å². The Balaban J connectivity index is 1.69. The van der Waals surface area contributed by atoms with Crippen molar-refractivity contribution >= 4 is 11.8 Å². The molecule has 130 valence electrons. The van der Waals surface area contributed by atoms with Crippen LogP contribution in [0.5, 0.6) is 0 Å². The minimum Gasteiger partial charge on any atom is -0.352 e. The van der Waals surface area contributed by atoms with Crippen LogP contribution in [-0.2, 0) is 16.0 Å². The monoisotopic (exact) mass is 340 g/mol. The Morgan fingerprint density at radius 3 is 2.36 bits per heavy atom. The highest BCUT2D eigenvalue weighted by Crippen LogP contribution is 2.22. The Hall–Kier alpha value is -2.69. The molecule has 1 aliphatic carbocycles. The van der Waals surface area contributed by atoms with Crippen LogP contribution in [0.15, 0.2) is 54.6 Å². The van der Waals surface area contributed by atoms with Crippen LogP contribution in [0.3, 0.4) is 0 Å². The topological polar surface area (TPSA) is 58.2 Å². The Morgan fingerprint density at radius 1 is 1.04 bits per heavy atom. The van der Waals surface area contributed by atoms with Crippen molar-refractivity contribution in [1.82, 2.24) is 10.6 Å². The first-order valence-corrected chi connectivity index (χ1v) is 8.48. The Bertz CT molecular complexity index is 727. The van der Waals surface area contributed by atoms with Crippen molar-refractivity contribution in [1.29, 1.82) is 0 Å². The second kappa shape index (κ2) is 7.92. The normalized spacial score (nSPS) is 14.6. The number of carbonyl (C=O) groups excluding carboxylic acids is 2. The first-order valence-electron chi connectivity index (χ1n) is 8.48. The summed E-state index contributed by atoms with van der Waals surface area (Å²) in [4.78, 5) is 24.4. The van der Waals surface area contributed by atoms with Gasteiger partial charge in [0, 0.05) is 6.04 Å². The summed E-state index contributed by atoms with van der Waals surface area (Å²) >= 11 is 0. The second-order valence-electron chi connectivity index (χ2n) is 6.35. The van der Waals surface area contributed by atoms with Gasteiger partial charge >= 0.3 is 0 Å². The molecule has 0 aromatic heterocycles. The summed E-state index contributed by atoms with van der Waals surface area (Å²) in [6.07, 6.45) is 2.50. The predicted molar refractivity (Wildman–Crippen MR) is 93.5 cm³/mol. The lowest BCUT2D eigenvalue weighted by atomic mass is 9.91. The van der Waals surface area contributed by atoms with E-state index in [4.69, 9.17) is 0 Å². The summed E-state index contributed by atoms with van der Waals surface area (Å²) in [5, 5.41) is 5.55. The third-order valence-corrected chi connectivity index (χ3v) is 4.24. The minimum absolute atomic E-state index is 0.0399. The summed E-state index contributed by atoms with van der Waals surface area (Å²) in [5.74, 6) is -1.22. The van der Waals surface area contributed by atoms with E-state index < -0.39 is 5.92 Å². The second-order valence-corrected chi connectivity index (χ2v) is 6.35. The largest absolute Gasteiger partial charge is 0.352 e. The number of halogens is 1. The smallest absolute Gasteiger partial charge is 0.239 e. The van der Waals surface area contributed by atoms with E-state index in [0.29, 0.717) is 6.42 Å². The third-order valence-electron chi connectivity index (χ3n) is 4.24. The summed E-state index contributed by atoms with van der Waals surface area (Å²) in [6, 6.07) is 15.8. The first kappa shape index (κ1) is 17.1. The molecule has 2 aromatic carbocycles. The molecule has 2 amide bonds. The molecule has 1 aliphatic rings. The number of nitrogens with one attached hydrogen (secondary N) is 2. The van der Waals surface area contributed by atoms with Gasteiger partial charge in [-0.1, -0.05) is 42.5 Å². The molecule has 0 spiro atoms. The maximum absolute atomic E-state index is 13.2. The summed E-state index contributed by atoms with van der Waals surface area (Å²) in [5.41, 5.74) is 1.74. The molecule has 25 heavy (non-hydrogen) atoms. The van der Waals surface area contributed by atoms with Crippen molar-refractivity contribution in [2.24, 2.45) is 0 Å². The summed E-state index contributed by atoms with van der Waals surface area (Å²) in [7, 11) is 0. The van der Waals surface area contributed by atoms with Crippen LogP contribution < -0.4 is 10.6 Å². The molecule has 2 aromatic rings. The van der Waals surface area contributed by atoms with E-state index in [9.17, 15) is 14.0 Å². The molecule has 5 heteroatoms. The fourth-order valence-electron chi connectivity index (χ4n) is 2.70. The van der Waals surface area contributed by atoms with Crippen LogP contribution in [0.1, 0.15) is 29.9 Å². The van der Waals surface area contributed by atoms with Crippen molar-refractivity contribution < 1.29 is 14.0 Å². The zero-order chi connectivity index (χ0) is 17.6. The minimum atomic E-state index is -0.475. The van der Waals surface area contributed by atoms with E-state index in [1.807, 2.05) is 30.3 Å². The van der Waals surface area contributed by atoms with E-state index in [1.165, 1.54) is 12.1 Å². The summed E-state index contributed by atoms with van der Waals surface area (Å²) in [6.45, 7) is -0.0399. The lowest BCUT2D eigenvalue weighted by Crippen LogP contribution is -2.40. The number of benzene rings is 2. The van der Waals surface area contributed by atoms with Gasteiger partial charge in [-0.05, 0) is 42.5 Å². The van der Waals surface area contributed by atoms with Crippen molar-refractivity contribution in [2.45, 2.75) is 31.2 Å². The van der Waals surface area contributed by atoms with Crippen molar-refractivity contribution in [2.75, 3.05) is 6.54 Å². The van der Waals surface area contributed by atoms with Crippen molar-refractivity contribution in [3.8, 4) is 0 Å². The molecule has 0 bridgehead atoms. The Morgan fingerprint density at radius 2 is 1.72 bits per heavy atom. The van der Waals surface area contributed by atoms with Gasteiger partial charge in [-0.15, -0.1) is 0 Å². The summed E-state index contributed by atoms with van der Waals surface area (Å²) < 4.78 is 13.2. The molecular weight excluding hydrogens is 319 g/mol. The number of rotatable bonds is 7. The first-order chi connectivity index (χ1) is 12.1. The molecule has 0 radical (unpaired) electrons. The van der Waals surface area contributed by atoms with Crippen molar-refractivity contribution in [3.05, 3.63) is 71.5 Å². The zero-order valence-electron chi connectivity index (χ0n) is 13.9. The van der Waals surface area contributed by atoms with Crippen molar-refractivity contribution in [3.63, 3.8) is 0 Å². The molecular formula is C20H21FN2O2. The standard InChI is InChI=1S/C20H21FN2O2/c21-16-8-6-15(7-9-16)18(12-14-4-2-1-3-5-14)20(25)22-13-19(24)23-17-10-11-17/h1-9,17-18H,10-13H2,(H,22,25)(H,23,24). The number of amides is 2. The van der Waals surface area contributed by atoms with E-state index in [1.54, 1.807) is 12.1 Å². The Labute approximate surface area is 146 Å². The number of hydrogen-bond donors (Lipinski definition) is 2. The van der Waals surface area contributed by atoms with Gasteiger partial charge in [-0.2, -0.15) is 0 Å². The highest BCUT2D eigenvalue weighted by atomic mass is 19.1. The van der Waals surface area contributed by atoms with Gasteiger partial charge in [0.2, 0.25) is 11.8 Å². The Kier molecular flexibility index (Phi) is 5.43. The van der Waals surface area contributed by atoms with E-state index in [2.05, 4.69) is 10.6 Å². The number of hydrogen-bond acceptors (Lipinski definition) is 2. The molecule has 3 rings (SSSR count). The van der Waals surface area contributed by atoms with Gasteiger partial charge in [0.05, 0.1) is 12.5 Å². The van der Waals surface area contributed by atoms with Gasteiger partial charge in [-0.25, -0.2) is 4.39 Å². The average molecular weight is 340 g/mol.